The van der Waals surface area contributed by atoms with Gasteiger partial charge in [0.1, 0.15) is 5.00 Å². The van der Waals surface area contributed by atoms with E-state index in [1.807, 2.05) is 24.4 Å². The molecule has 0 aliphatic rings. The number of carbonyl (C=O) groups excluding carboxylic acids is 1. The smallest absolute Gasteiger partial charge is 0.419 e. The standard InChI is InChI=1S/C14H13Cl2NO2S/c1-2-7-19-14(18)17(13-4-3-8-20-13)10-5-6-11(15)12(16)9-10/h3-6,8-9H,2,7H2,1H3. The van der Waals surface area contributed by atoms with E-state index in [0.717, 1.165) is 11.4 Å². The van der Waals surface area contributed by atoms with Crippen molar-refractivity contribution in [2.75, 3.05) is 11.5 Å². The van der Waals surface area contributed by atoms with Crippen molar-refractivity contribution in [3.05, 3.63) is 45.8 Å². The van der Waals surface area contributed by atoms with Gasteiger partial charge in [-0.15, -0.1) is 11.3 Å². The van der Waals surface area contributed by atoms with Crippen molar-refractivity contribution in [1.29, 1.82) is 0 Å². The fourth-order valence-electron chi connectivity index (χ4n) is 1.60. The van der Waals surface area contributed by atoms with Crippen molar-refractivity contribution in [3.63, 3.8) is 0 Å². The maximum absolute atomic E-state index is 12.2. The Hall–Kier alpha value is -1.23. The molecule has 0 aliphatic carbocycles. The Kier molecular flexibility index (Phi) is 5.29. The summed E-state index contributed by atoms with van der Waals surface area (Å²) in [4.78, 5) is 13.7. The first-order valence-corrected chi connectivity index (χ1v) is 7.72. The molecule has 0 fully saturated rings. The Bertz CT molecular complexity index is 587. The summed E-state index contributed by atoms with van der Waals surface area (Å²) in [7, 11) is 0. The van der Waals surface area contributed by atoms with E-state index < -0.39 is 6.09 Å². The molecule has 0 radical (unpaired) electrons. The first-order chi connectivity index (χ1) is 9.63. The van der Waals surface area contributed by atoms with Crippen molar-refractivity contribution in [2.45, 2.75) is 13.3 Å². The van der Waals surface area contributed by atoms with E-state index in [1.165, 1.54) is 16.2 Å². The van der Waals surface area contributed by atoms with Gasteiger partial charge in [-0.05, 0) is 42.1 Å². The summed E-state index contributed by atoms with van der Waals surface area (Å²) in [5.74, 6) is 0. The fraction of sp³-hybridized carbons (Fsp3) is 0.214. The van der Waals surface area contributed by atoms with Gasteiger partial charge in [-0.2, -0.15) is 0 Å². The number of thiophene rings is 1. The monoisotopic (exact) mass is 329 g/mol. The van der Waals surface area contributed by atoms with Crippen LogP contribution >= 0.6 is 34.5 Å². The van der Waals surface area contributed by atoms with E-state index in [0.29, 0.717) is 22.3 Å². The molecule has 0 bridgehead atoms. The molecule has 1 aromatic heterocycles. The molecule has 0 saturated carbocycles. The molecule has 0 aliphatic heterocycles. The van der Waals surface area contributed by atoms with Crippen LogP contribution in [0.3, 0.4) is 0 Å². The highest BCUT2D eigenvalue weighted by Gasteiger charge is 2.21. The zero-order chi connectivity index (χ0) is 14.5. The zero-order valence-corrected chi connectivity index (χ0v) is 13.1. The van der Waals surface area contributed by atoms with Crippen LogP contribution in [0.4, 0.5) is 15.5 Å². The lowest BCUT2D eigenvalue weighted by Gasteiger charge is -2.21. The first kappa shape index (κ1) is 15.2. The summed E-state index contributed by atoms with van der Waals surface area (Å²) in [6, 6.07) is 8.77. The van der Waals surface area contributed by atoms with Crippen molar-refractivity contribution in [2.24, 2.45) is 0 Å². The summed E-state index contributed by atoms with van der Waals surface area (Å²) in [6.07, 6.45) is 0.346. The number of nitrogens with zero attached hydrogens (tertiary/aromatic N) is 1. The number of halogens is 2. The normalized spacial score (nSPS) is 10.3. The van der Waals surface area contributed by atoms with Gasteiger partial charge in [-0.1, -0.05) is 30.1 Å². The number of benzene rings is 1. The molecule has 0 spiro atoms. The highest BCUT2D eigenvalue weighted by atomic mass is 35.5. The quantitative estimate of drug-likeness (QED) is 0.715. The van der Waals surface area contributed by atoms with Crippen LogP contribution in [0, 0.1) is 0 Å². The molecule has 1 aromatic carbocycles. The molecule has 1 amide bonds. The number of amides is 1. The third-order valence-electron chi connectivity index (χ3n) is 2.50. The number of anilines is 2. The molecule has 6 heteroatoms. The average Bonchev–Trinajstić information content (AvgIpc) is 2.94. The predicted molar refractivity (Wildman–Crippen MR) is 84.6 cm³/mol. The van der Waals surface area contributed by atoms with Gasteiger partial charge >= 0.3 is 6.09 Å². The second-order valence-corrected chi connectivity index (χ2v) is 5.74. The molecule has 1 heterocycles. The summed E-state index contributed by atoms with van der Waals surface area (Å²) in [5, 5.41) is 3.51. The highest BCUT2D eigenvalue weighted by Crippen LogP contribution is 2.34. The van der Waals surface area contributed by atoms with Gasteiger partial charge in [0.25, 0.3) is 0 Å². The first-order valence-electron chi connectivity index (χ1n) is 6.09. The Morgan fingerprint density at radius 3 is 2.70 bits per heavy atom. The molecule has 3 nitrogen and oxygen atoms in total. The van der Waals surface area contributed by atoms with Crippen LogP contribution in [0.5, 0.6) is 0 Å². The fourth-order valence-corrected chi connectivity index (χ4v) is 2.63. The second-order valence-electron chi connectivity index (χ2n) is 4.00. The number of hydrogen-bond donors (Lipinski definition) is 0. The summed E-state index contributed by atoms with van der Waals surface area (Å²) in [6.45, 7) is 2.32. The number of ether oxygens (including phenoxy) is 1. The largest absolute Gasteiger partial charge is 0.449 e. The molecule has 0 unspecified atom stereocenters. The van der Waals surface area contributed by atoms with Crippen molar-refractivity contribution in [1.82, 2.24) is 0 Å². The molecule has 2 aromatic rings. The molecule has 20 heavy (non-hydrogen) atoms. The zero-order valence-electron chi connectivity index (χ0n) is 10.8. The van der Waals surface area contributed by atoms with E-state index in [9.17, 15) is 4.79 Å². The van der Waals surface area contributed by atoms with Crippen LogP contribution in [-0.4, -0.2) is 12.7 Å². The second kappa shape index (κ2) is 6.97. The molecule has 106 valence electrons. The number of rotatable bonds is 4. The van der Waals surface area contributed by atoms with Crippen LogP contribution < -0.4 is 4.90 Å². The third-order valence-corrected chi connectivity index (χ3v) is 4.09. The molecular formula is C14H13Cl2NO2S. The van der Waals surface area contributed by atoms with E-state index in [4.69, 9.17) is 27.9 Å². The van der Waals surface area contributed by atoms with Crippen LogP contribution in [0.2, 0.25) is 10.0 Å². The Morgan fingerprint density at radius 1 is 1.30 bits per heavy atom. The van der Waals surface area contributed by atoms with Crippen LogP contribution in [0.15, 0.2) is 35.7 Å². The van der Waals surface area contributed by atoms with Gasteiger partial charge in [-0.25, -0.2) is 9.69 Å². The van der Waals surface area contributed by atoms with Crippen LogP contribution in [0.1, 0.15) is 13.3 Å². The summed E-state index contributed by atoms with van der Waals surface area (Å²) < 4.78 is 5.22. The molecule has 2 rings (SSSR count). The van der Waals surface area contributed by atoms with Gasteiger partial charge in [0.2, 0.25) is 0 Å². The van der Waals surface area contributed by atoms with Gasteiger partial charge < -0.3 is 4.74 Å². The lowest BCUT2D eigenvalue weighted by Crippen LogP contribution is -2.26. The maximum atomic E-state index is 12.2. The van der Waals surface area contributed by atoms with Gasteiger partial charge in [0.05, 0.1) is 22.3 Å². The molecule has 0 saturated heterocycles. The summed E-state index contributed by atoms with van der Waals surface area (Å²) >= 11 is 13.4. The van der Waals surface area contributed by atoms with E-state index >= 15 is 0 Å². The van der Waals surface area contributed by atoms with Gasteiger partial charge in [0, 0.05) is 0 Å². The number of hydrogen-bond acceptors (Lipinski definition) is 3. The van der Waals surface area contributed by atoms with Gasteiger partial charge in [0.15, 0.2) is 0 Å². The summed E-state index contributed by atoms with van der Waals surface area (Å²) in [5.41, 5.74) is 0.628. The van der Waals surface area contributed by atoms with E-state index in [2.05, 4.69) is 0 Å². The Labute approximate surface area is 131 Å². The van der Waals surface area contributed by atoms with Crippen molar-refractivity contribution < 1.29 is 9.53 Å². The Balaban J connectivity index is 2.35. The minimum absolute atomic E-state index is 0.377. The Morgan fingerprint density at radius 2 is 2.10 bits per heavy atom. The number of carbonyl (C=O) groups is 1. The molecule has 0 N–H and O–H groups in total. The van der Waals surface area contributed by atoms with E-state index in [-0.39, 0.29) is 0 Å². The SMILES string of the molecule is CCCOC(=O)N(c1ccc(Cl)c(Cl)c1)c1cccs1. The lowest BCUT2D eigenvalue weighted by molar-refractivity contribution is 0.156. The van der Waals surface area contributed by atoms with Crippen molar-refractivity contribution in [3.8, 4) is 0 Å². The highest BCUT2D eigenvalue weighted by molar-refractivity contribution is 7.14. The van der Waals surface area contributed by atoms with Crippen molar-refractivity contribution >= 4 is 51.3 Å². The molecule has 0 atom stereocenters. The average molecular weight is 330 g/mol. The van der Waals surface area contributed by atoms with Crippen LogP contribution in [0.25, 0.3) is 0 Å². The molecular weight excluding hydrogens is 317 g/mol. The predicted octanol–water partition coefficient (Wildman–Crippen LogP) is 5.74. The maximum Gasteiger partial charge on any atom is 0.419 e. The minimum Gasteiger partial charge on any atom is -0.449 e. The van der Waals surface area contributed by atoms with Gasteiger partial charge in [-0.3, -0.25) is 0 Å². The van der Waals surface area contributed by atoms with E-state index in [1.54, 1.807) is 18.2 Å². The lowest BCUT2D eigenvalue weighted by atomic mass is 10.3. The topological polar surface area (TPSA) is 29.5 Å². The third kappa shape index (κ3) is 3.45. The minimum atomic E-state index is -0.423. The van der Waals surface area contributed by atoms with Crippen LogP contribution in [-0.2, 0) is 4.74 Å².